The maximum Gasteiger partial charge on any atom is 0.416 e. The van der Waals surface area contributed by atoms with Gasteiger partial charge in [0.25, 0.3) is 0 Å². The molecule has 2 aromatic carbocycles. The van der Waals surface area contributed by atoms with Gasteiger partial charge in [0.2, 0.25) is 0 Å². The molecule has 0 saturated heterocycles. The molecule has 0 aliphatic carbocycles. The lowest BCUT2D eigenvalue weighted by Gasteiger charge is -2.17. The van der Waals surface area contributed by atoms with Gasteiger partial charge in [-0.2, -0.15) is 52.7 Å². The number of halogens is 12. The van der Waals surface area contributed by atoms with Crippen LogP contribution in [0.3, 0.4) is 0 Å². The average molecular weight is 504 g/mol. The zero-order valence-corrected chi connectivity index (χ0v) is 16.0. The van der Waals surface area contributed by atoms with Crippen LogP contribution in [0.2, 0.25) is 0 Å². The van der Waals surface area contributed by atoms with Crippen molar-refractivity contribution in [2.75, 3.05) is 0 Å². The Morgan fingerprint density at radius 1 is 0.382 bits per heavy atom. The van der Waals surface area contributed by atoms with E-state index in [9.17, 15) is 52.7 Å². The third kappa shape index (κ3) is 5.42. The van der Waals surface area contributed by atoms with Crippen LogP contribution in [0.5, 0.6) is 0 Å². The Morgan fingerprint density at radius 3 is 0.824 bits per heavy atom. The van der Waals surface area contributed by atoms with Gasteiger partial charge in [0, 0.05) is 23.5 Å². The topological polar surface area (TPSA) is 25.8 Å². The molecule has 182 valence electrons. The highest BCUT2D eigenvalue weighted by Crippen LogP contribution is 2.42. The normalized spacial score (nSPS) is 13.3. The lowest BCUT2D eigenvalue weighted by molar-refractivity contribution is -0.144. The molecular formula is C20H8F12N2. The molecule has 0 atom stereocenters. The second-order valence-corrected chi connectivity index (χ2v) is 6.84. The summed E-state index contributed by atoms with van der Waals surface area (Å²) in [5.74, 6) is 0. The Kier molecular flexibility index (Phi) is 6.08. The maximum absolute atomic E-state index is 13.2. The van der Waals surface area contributed by atoms with E-state index in [0.29, 0.717) is 0 Å². The highest BCUT2D eigenvalue weighted by Gasteiger charge is 2.39. The molecule has 1 heterocycles. The Labute approximate surface area is 181 Å². The van der Waals surface area contributed by atoms with Gasteiger partial charge in [0.05, 0.1) is 33.6 Å². The lowest BCUT2D eigenvalue weighted by atomic mass is 9.97. The molecule has 0 bridgehead atoms. The van der Waals surface area contributed by atoms with Gasteiger partial charge in [-0.25, -0.2) is 0 Å². The summed E-state index contributed by atoms with van der Waals surface area (Å²) in [6.45, 7) is 0. The fourth-order valence-electron chi connectivity index (χ4n) is 2.94. The van der Waals surface area contributed by atoms with Crippen molar-refractivity contribution in [3.63, 3.8) is 0 Å². The van der Waals surface area contributed by atoms with Crippen LogP contribution < -0.4 is 0 Å². The minimum atomic E-state index is -5.25. The largest absolute Gasteiger partial charge is 0.416 e. The van der Waals surface area contributed by atoms with E-state index in [2.05, 4.69) is 9.97 Å². The van der Waals surface area contributed by atoms with Crippen LogP contribution in [-0.2, 0) is 24.7 Å². The van der Waals surface area contributed by atoms with E-state index in [1.807, 2.05) is 0 Å². The molecule has 0 radical (unpaired) electrons. The molecule has 2 nitrogen and oxygen atoms in total. The number of nitrogens with zero attached hydrogens (tertiary/aromatic N) is 2. The van der Waals surface area contributed by atoms with E-state index in [0.717, 1.165) is 12.4 Å². The van der Waals surface area contributed by atoms with Gasteiger partial charge < -0.3 is 0 Å². The Morgan fingerprint density at radius 2 is 0.618 bits per heavy atom. The molecule has 3 aromatic rings. The first-order chi connectivity index (χ1) is 15.4. The van der Waals surface area contributed by atoms with Crippen molar-refractivity contribution < 1.29 is 52.7 Å². The van der Waals surface area contributed by atoms with E-state index in [1.165, 1.54) is 0 Å². The lowest BCUT2D eigenvalue weighted by Crippen LogP contribution is -2.12. The van der Waals surface area contributed by atoms with Gasteiger partial charge in [0.1, 0.15) is 0 Å². The fraction of sp³-hybridized carbons (Fsp3) is 0.200. The predicted molar refractivity (Wildman–Crippen MR) is 92.9 cm³/mol. The van der Waals surface area contributed by atoms with Crippen molar-refractivity contribution in [3.05, 3.63) is 71.0 Å². The number of aromatic nitrogens is 2. The second-order valence-electron chi connectivity index (χ2n) is 6.84. The molecule has 1 aromatic heterocycles. The summed E-state index contributed by atoms with van der Waals surface area (Å²) in [4.78, 5) is 7.19. The molecule has 34 heavy (non-hydrogen) atoms. The Hall–Kier alpha value is -3.32. The Bertz CT molecular complexity index is 1040. The van der Waals surface area contributed by atoms with Crippen molar-refractivity contribution in [1.29, 1.82) is 0 Å². The first kappa shape index (κ1) is 25.3. The summed E-state index contributed by atoms with van der Waals surface area (Å²) in [5.41, 5.74) is -10.3. The van der Waals surface area contributed by atoms with Gasteiger partial charge in [-0.3, -0.25) is 9.97 Å². The zero-order chi connectivity index (χ0) is 25.7. The van der Waals surface area contributed by atoms with Crippen LogP contribution in [-0.4, -0.2) is 9.97 Å². The number of alkyl halides is 12. The molecule has 0 aliphatic rings. The molecule has 14 heteroatoms. The Balaban J connectivity index is 2.33. The molecule has 0 fully saturated rings. The van der Waals surface area contributed by atoms with Crippen molar-refractivity contribution >= 4 is 0 Å². The predicted octanol–water partition coefficient (Wildman–Crippen LogP) is 7.89. The number of hydrogen-bond acceptors (Lipinski definition) is 2. The van der Waals surface area contributed by atoms with Gasteiger partial charge in [-0.05, 0) is 36.4 Å². The molecule has 0 spiro atoms. The van der Waals surface area contributed by atoms with E-state index < -0.39 is 69.5 Å². The SMILES string of the molecule is FC(F)(F)c1cc(-c2nccnc2-c2cc(C(F)(F)F)cc(C(F)(F)F)c2)cc(C(F)(F)F)c1. The molecule has 3 rings (SSSR count). The summed E-state index contributed by atoms with van der Waals surface area (Å²) < 4.78 is 158. The van der Waals surface area contributed by atoms with E-state index in [4.69, 9.17) is 0 Å². The van der Waals surface area contributed by atoms with Crippen LogP contribution in [0.25, 0.3) is 22.5 Å². The minimum absolute atomic E-state index is 0.189. The smallest absolute Gasteiger partial charge is 0.252 e. The van der Waals surface area contributed by atoms with E-state index in [-0.39, 0.29) is 36.4 Å². The number of hydrogen-bond donors (Lipinski definition) is 0. The number of rotatable bonds is 2. The molecule has 0 saturated carbocycles. The number of benzene rings is 2. The minimum Gasteiger partial charge on any atom is -0.252 e. The first-order valence-electron chi connectivity index (χ1n) is 8.78. The third-order valence-corrected chi connectivity index (χ3v) is 4.42. The van der Waals surface area contributed by atoms with E-state index in [1.54, 1.807) is 0 Å². The highest BCUT2D eigenvalue weighted by molar-refractivity contribution is 5.79. The summed E-state index contributed by atoms with van der Waals surface area (Å²) in [5, 5.41) is 0. The van der Waals surface area contributed by atoms with Gasteiger partial charge in [-0.15, -0.1) is 0 Å². The third-order valence-electron chi connectivity index (χ3n) is 4.42. The van der Waals surface area contributed by atoms with Crippen LogP contribution in [0, 0.1) is 0 Å². The van der Waals surface area contributed by atoms with Gasteiger partial charge in [0.15, 0.2) is 0 Å². The molecule has 0 unspecified atom stereocenters. The van der Waals surface area contributed by atoms with Crippen LogP contribution in [0.1, 0.15) is 22.3 Å². The fourth-order valence-corrected chi connectivity index (χ4v) is 2.94. The van der Waals surface area contributed by atoms with Gasteiger partial charge in [-0.1, -0.05) is 0 Å². The van der Waals surface area contributed by atoms with Crippen molar-refractivity contribution in [2.45, 2.75) is 24.7 Å². The van der Waals surface area contributed by atoms with Crippen LogP contribution in [0.15, 0.2) is 48.8 Å². The maximum atomic E-state index is 13.2. The quantitative estimate of drug-likeness (QED) is 0.332. The summed E-state index contributed by atoms with van der Waals surface area (Å²) >= 11 is 0. The summed E-state index contributed by atoms with van der Waals surface area (Å²) in [7, 11) is 0. The van der Waals surface area contributed by atoms with Crippen molar-refractivity contribution in [2.24, 2.45) is 0 Å². The second kappa shape index (κ2) is 8.17. The van der Waals surface area contributed by atoms with Gasteiger partial charge >= 0.3 is 24.7 Å². The molecular weight excluding hydrogens is 496 g/mol. The van der Waals surface area contributed by atoms with Crippen LogP contribution in [0.4, 0.5) is 52.7 Å². The standard InChI is InChI=1S/C20H8F12N2/c21-17(22,23)11-3-9(4-12(7-11)18(24,25)26)15-16(34-2-1-33-15)10-5-13(19(27,28)29)8-14(6-10)20(30,31)32/h1-8H. The monoisotopic (exact) mass is 504 g/mol. The average Bonchev–Trinajstić information content (AvgIpc) is 2.70. The molecule has 0 aliphatic heterocycles. The first-order valence-corrected chi connectivity index (χ1v) is 8.78. The highest BCUT2D eigenvalue weighted by atomic mass is 19.4. The molecule has 0 amide bonds. The summed E-state index contributed by atoms with van der Waals surface area (Å²) in [6, 6.07) is 0.571. The van der Waals surface area contributed by atoms with E-state index >= 15 is 0 Å². The zero-order valence-electron chi connectivity index (χ0n) is 16.0. The van der Waals surface area contributed by atoms with Crippen molar-refractivity contribution in [1.82, 2.24) is 9.97 Å². The van der Waals surface area contributed by atoms with Crippen molar-refractivity contribution in [3.8, 4) is 22.5 Å². The molecule has 0 N–H and O–H groups in total. The van der Waals surface area contributed by atoms with Crippen LogP contribution >= 0.6 is 0 Å². The summed E-state index contributed by atoms with van der Waals surface area (Å²) in [6.07, 6.45) is -19.4.